The molecule has 24 heavy (non-hydrogen) atoms. The maximum Gasteiger partial charge on any atom is 0.267 e. The third-order valence-corrected chi connectivity index (χ3v) is 3.38. The smallest absolute Gasteiger partial charge is 0.267 e. The van der Waals surface area contributed by atoms with Crippen molar-refractivity contribution >= 4 is 23.8 Å². The van der Waals surface area contributed by atoms with Gasteiger partial charge in [-0.15, -0.1) is 0 Å². The number of ketones is 1. The number of nitrogens with one attached hydrogen (secondary N) is 1. The molecule has 0 aliphatic rings. The van der Waals surface area contributed by atoms with Crippen molar-refractivity contribution in [2.75, 3.05) is 0 Å². The first-order valence-electron chi connectivity index (χ1n) is 7.21. The second-order valence-corrected chi connectivity index (χ2v) is 5.10. The van der Waals surface area contributed by atoms with Crippen LogP contribution in [0.25, 0.3) is 12.2 Å². The minimum Gasteiger partial charge on any atom is -0.289 e. The second kappa shape index (κ2) is 7.99. The van der Waals surface area contributed by atoms with Gasteiger partial charge in [0.15, 0.2) is 5.78 Å². The molecule has 0 aliphatic carbocycles. The van der Waals surface area contributed by atoms with Gasteiger partial charge in [-0.05, 0) is 47.9 Å². The Hall–Kier alpha value is -3.05. The molecule has 0 saturated carbocycles. The molecule has 0 aromatic heterocycles. The van der Waals surface area contributed by atoms with Crippen LogP contribution in [0.2, 0.25) is 0 Å². The number of rotatable bonds is 5. The van der Waals surface area contributed by atoms with Gasteiger partial charge in [0, 0.05) is 6.08 Å². The van der Waals surface area contributed by atoms with E-state index in [2.05, 4.69) is 0 Å². The predicted octanol–water partition coefficient (Wildman–Crippen LogP) is 3.55. The van der Waals surface area contributed by atoms with Crippen LogP contribution < -0.4 is 5.48 Å². The van der Waals surface area contributed by atoms with Gasteiger partial charge in [-0.25, -0.2) is 9.87 Å². The van der Waals surface area contributed by atoms with Crippen LogP contribution in [0.5, 0.6) is 0 Å². The minimum atomic E-state index is -0.618. The normalized spacial score (nSPS) is 11.1. The molecule has 2 aromatic rings. The molecular weight excluding hydrogens is 309 g/mol. The molecule has 2 aromatic carbocycles. The molecule has 2 N–H and O–H groups in total. The van der Waals surface area contributed by atoms with E-state index in [1.807, 2.05) is 13.0 Å². The monoisotopic (exact) mass is 325 g/mol. The van der Waals surface area contributed by atoms with Gasteiger partial charge in [0.2, 0.25) is 0 Å². The van der Waals surface area contributed by atoms with Gasteiger partial charge in [0.25, 0.3) is 5.91 Å². The lowest BCUT2D eigenvalue weighted by Crippen LogP contribution is -2.14. The van der Waals surface area contributed by atoms with Crippen molar-refractivity contribution < 1.29 is 19.2 Å². The Morgan fingerprint density at radius 1 is 1.08 bits per heavy atom. The van der Waals surface area contributed by atoms with Gasteiger partial charge in [0.05, 0.1) is 5.56 Å². The molecule has 1 amide bonds. The molecule has 2 rings (SSSR count). The summed E-state index contributed by atoms with van der Waals surface area (Å²) in [5.41, 5.74) is 4.01. The summed E-state index contributed by atoms with van der Waals surface area (Å²) in [5, 5.41) is 8.43. The quantitative estimate of drug-likeness (QED) is 0.382. The van der Waals surface area contributed by atoms with Crippen molar-refractivity contribution in [1.82, 2.24) is 5.48 Å². The average molecular weight is 325 g/mol. The molecule has 0 saturated heterocycles. The number of carbonyl (C=O) groups excluding carboxylic acids is 2. The number of hydrogen-bond donors (Lipinski definition) is 2. The maximum absolute atomic E-state index is 13.6. The standard InChI is InChI=1S/C19H16FNO3/c1-13-12-14(7-11-19(23)21-24)6-8-15(13)9-10-18(22)16-4-2-3-5-17(16)20/h2-12,24H,1H3,(H,21,23)/b10-9+,11-7+. The molecule has 0 fully saturated rings. The van der Waals surface area contributed by atoms with E-state index in [0.717, 1.165) is 16.7 Å². The molecule has 0 bridgehead atoms. The summed E-state index contributed by atoms with van der Waals surface area (Å²) in [7, 11) is 0. The van der Waals surface area contributed by atoms with Crippen molar-refractivity contribution in [3.05, 3.63) is 82.7 Å². The van der Waals surface area contributed by atoms with E-state index in [-0.39, 0.29) is 5.56 Å². The molecule has 0 unspecified atom stereocenters. The van der Waals surface area contributed by atoms with Crippen LogP contribution >= 0.6 is 0 Å². The Kier molecular flexibility index (Phi) is 5.76. The van der Waals surface area contributed by atoms with Crippen molar-refractivity contribution in [1.29, 1.82) is 0 Å². The topological polar surface area (TPSA) is 66.4 Å². The Morgan fingerprint density at radius 2 is 1.83 bits per heavy atom. The highest BCUT2D eigenvalue weighted by Crippen LogP contribution is 2.15. The summed E-state index contributed by atoms with van der Waals surface area (Å²) in [6.07, 6.45) is 5.70. The van der Waals surface area contributed by atoms with Crippen molar-refractivity contribution in [3.8, 4) is 0 Å². The number of hydrogen-bond acceptors (Lipinski definition) is 3. The Bertz CT molecular complexity index is 825. The average Bonchev–Trinajstić information content (AvgIpc) is 2.58. The molecule has 0 spiro atoms. The number of carbonyl (C=O) groups is 2. The Labute approximate surface area is 138 Å². The lowest BCUT2D eigenvalue weighted by atomic mass is 10.0. The molecule has 122 valence electrons. The summed E-state index contributed by atoms with van der Waals surface area (Å²) < 4.78 is 13.6. The fourth-order valence-corrected chi connectivity index (χ4v) is 2.12. The van der Waals surface area contributed by atoms with Gasteiger partial charge in [0.1, 0.15) is 5.82 Å². The fourth-order valence-electron chi connectivity index (χ4n) is 2.12. The van der Waals surface area contributed by atoms with Crippen molar-refractivity contribution in [2.24, 2.45) is 0 Å². The van der Waals surface area contributed by atoms with E-state index in [1.54, 1.807) is 30.4 Å². The van der Waals surface area contributed by atoms with Crippen LogP contribution in [0.1, 0.15) is 27.0 Å². The van der Waals surface area contributed by atoms with E-state index in [0.29, 0.717) is 0 Å². The van der Waals surface area contributed by atoms with E-state index in [9.17, 15) is 14.0 Å². The zero-order valence-corrected chi connectivity index (χ0v) is 13.0. The lowest BCUT2D eigenvalue weighted by Gasteiger charge is -2.03. The Balaban J connectivity index is 2.16. The fraction of sp³-hybridized carbons (Fsp3) is 0.0526. The Morgan fingerprint density at radius 3 is 2.50 bits per heavy atom. The highest BCUT2D eigenvalue weighted by atomic mass is 19.1. The van der Waals surface area contributed by atoms with Crippen molar-refractivity contribution in [3.63, 3.8) is 0 Å². The second-order valence-electron chi connectivity index (χ2n) is 5.10. The summed E-state index contributed by atoms with van der Waals surface area (Å²) in [6.45, 7) is 1.86. The van der Waals surface area contributed by atoms with Crippen molar-refractivity contribution in [2.45, 2.75) is 6.92 Å². The molecule has 0 heterocycles. The van der Waals surface area contributed by atoms with Gasteiger partial charge < -0.3 is 0 Å². The van der Waals surface area contributed by atoms with Crippen LogP contribution in [-0.4, -0.2) is 16.9 Å². The first kappa shape index (κ1) is 17.3. The van der Waals surface area contributed by atoms with Crippen LogP contribution in [0.15, 0.2) is 54.6 Å². The molecular formula is C19H16FNO3. The first-order valence-corrected chi connectivity index (χ1v) is 7.21. The third-order valence-electron chi connectivity index (χ3n) is 3.38. The molecule has 5 heteroatoms. The van der Waals surface area contributed by atoms with Crippen LogP contribution in [-0.2, 0) is 4.79 Å². The van der Waals surface area contributed by atoms with Crippen LogP contribution in [0.4, 0.5) is 4.39 Å². The lowest BCUT2D eigenvalue weighted by molar-refractivity contribution is -0.124. The highest BCUT2D eigenvalue weighted by Gasteiger charge is 2.07. The molecule has 0 aliphatic heterocycles. The van der Waals surface area contributed by atoms with Gasteiger partial charge in [-0.3, -0.25) is 14.8 Å². The largest absolute Gasteiger partial charge is 0.289 e. The highest BCUT2D eigenvalue weighted by molar-refractivity contribution is 6.07. The third kappa shape index (κ3) is 4.47. The number of halogens is 1. The van der Waals surface area contributed by atoms with E-state index in [1.165, 1.54) is 35.8 Å². The molecule has 0 radical (unpaired) electrons. The van der Waals surface area contributed by atoms with Crippen LogP contribution in [0.3, 0.4) is 0 Å². The van der Waals surface area contributed by atoms with E-state index >= 15 is 0 Å². The first-order chi connectivity index (χ1) is 11.5. The number of amides is 1. The zero-order valence-electron chi connectivity index (χ0n) is 13.0. The maximum atomic E-state index is 13.6. The summed E-state index contributed by atoms with van der Waals surface area (Å²) >= 11 is 0. The molecule has 4 nitrogen and oxygen atoms in total. The van der Waals surface area contributed by atoms with E-state index in [4.69, 9.17) is 5.21 Å². The van der Waals surface area contributed by atoms with Gasteiger partial charge in [-0.1, -0.05) is 36.4 Å². The zero-order chi connectivity index (χ0) is 17.5. The van der Waals surface area contributed by atoms with Gasteiger partial charge >= 0.3 is 0 Å². The number of allylic oxidation sites excluding steroid dienone is 1. The van der Waals surface area contributed by atoms with Crippen LogP contribution in [0, 0.1) is 12.7 Å². The minimum absolute atomic E-state index is 0.0287. The summed E-state index contributed by atoms with van der Waals surface area (Å²) in [5.74, 6) is -1.57. The van der Waals surface area contributed by atoms with E-state index < -0.39 is 17.5 Å². The summed E-state index contributed by atoms with van der Waals surface area (Å²) in [6, 6.07) is 11.2. The number of benzene rings is 2. The predicted molar refractivity (Wildman–Crippen MR) is 89.9 cm³/mol. The number of aryl methyl sites for hydroxylation is 1. The molecule has 0 atom stereocenters. The van der Waals surface area contributed by atoms with Gasteiger partial charge in [-0.2, -0.15) is 0 Å². The SMILES string of the molecule is Cc1cc(/C=C/C(=O)NO)ccc1/C=C/C(=O)c1ccccc1F. The number of hydroxylamine groups is 1. The summed E-state index contributed by atoms with van der Waals surface area (Å²) in [4.78, 5) is 23.0.